The van der Waals surface area contributed by atoms with E-state index in [1.54, 1.807) is 12.1 Å². The number of benzene rings is 1. The highest BCUT2D eigenvalue weighted by Crippen LogP contribution is 2.32. The molecule has 0 radical (unpaired) electrons. The highest BCUT2D eigenvalue weighted by Gasteiger charge is 2.28. The Balaban J connectivity index is 2.09. The molecule has 100 valence electrons. The lowest BCUT2D eigenvalue weighted by Gasteiger charge is -2.23. The largest absolute Gasteiger partial charge is 0.369 e. The minimum absolute atomic E-state index is 0.125. The van der Waals surface area contributed by atoms with Crippen molar-refractivity contribution >= 4 is 5.69 Å². The molecule has 0 bridgehead atoms. The van der Waals surface area contributed by atoms with Gasteiger partial charge in [-0.05, 0) is 56.5 Å². The Bertz CT molecular complexity index is 388. The molecule has 0 heterocycles. The molecule has 1 aliphatic carbocycles. The van der Waals surface area contributed by atoms with Gasteiger partial charge in [-0.1, -0.05) is 6.92 Å². The summed E-state index contributed by atoms with van der Waals surface area (Å²) in [6.45, 7) is 6.96. The number of halogens is 1. The predicted molar refractivity (Wildman–Crippen MR) is 74.4 cm³/mol. The summed E-state index contributed by atoms with van der Waals surface area (Å²) < 4.78 is 13.7. The first-order valence-electron chi connectivity index (χ1n) is 7.01. The van der Waals surface area contributed by atoms with Crippen LogP contribution in [0.4, 0.5) is 10.1 Å². The summed E-state index contributed by atoms with van der Waals surface area (Å²) in [5, 5.41) is 3.32. The predicted octanol–water partition coefficient (Wildman–Crippen LogP) is 3.31. The van der Waals surface area contributed by atoms with E-state index in [2.05, 4.69) is 30.1 Å². The zero-order chi connectivity index (χ0) is 13.0. The summed E-state index contributed by atoms with van der Waals surface area (Å²) in [6.07, 6.45) is 3.59. The van der Waals surface area contributed by atoms with E-state index in [1.165, 1.54) is 12.8 Å². The molecular weight excluding hydrogens is 227 g/mol. The molecule has 3 heteroatoms. The van der Waals surface area contributed by atoms with Crippen molar-refractivity contribution in [2.45, 2.75) is 45.7 Å². The number of rotatable bonds is 7. The van der Waals surface area contributed by atoms with Crippen LogP contribution in [0.15, 0.2) is 18.2 Å². The van der Waals surface area contributed by atoms with Crippen molar-refractivity contribution in [3.63, 3.8) is 0 Å². The Morgan fingerprint density at radius 2 is 2.06 bits per heavy atom. The maximum Gasteiger partial charge on any atom is 0.125 e. The van der Waals surface area contributed by atoms with Crippen molar-refractivity contribution in [2.24, 2.45) is 0 Å². The Labute approximate surface area is 109 Å². The third-order valence-electron chi connectivity index (χ3n) is 3.36. The lowest BCUT2D eigenvalue weighted by molar-refractivity contribution is 0.617. The molecule has 0 aromatic heterocycles. The van der Waals surface area contributed by atoms with E-state index in [-0.39, 0.29) is 5.82 Å². The summed E-state index contributed by atoms with van der Waals surface area (Å²) in [5.74, 6) is -0.125. The number of hydrogen-bond donors (Lipinski definition) is 1. The first-order valence-corrected chi connectivity index (χ1v) is 7.01. The second kappa shape index (κ2) is 6.19. The van der Waals surface area contributed by atoms with Gasteiger partial charge >= 0.3 is 0 Å². The van der Waals surface area contributed by atoms with Gasteiger partial charge in [0.2, 0.25) is 0 Å². The van der Waals surface area contributed by atoms with Crippen LogP contribution in [-0.2, 0) is 6.54 Å². The summed E-state index contributed by atoms with van der Waals surface area (Å²) in [7, 11) is 0. The lowest BCUT2D eigenvalue weighted by atomic mass is 10.1. The smallest absolute Gasteiger partial charge is 0.125 e. The minimum Gasteiger partial charge on any atom is -0.369 e. The molecule has 0 amide bonds. The number of nitrogens with zero attached hydrogens (tertiary/aromatic N) is 1. The first-order chi connectivity index (χ1) is 8.74. The van der Waals surface area contributed by atoms with Crippen molar-refractivity contribution in [2.75, 3.05) is 18.0 Å². The zero-order valence-electron chi connectivity index (χ0n) is 11.4. The Kier molecular flexibility index (Phi) is 4.59. The molecule has 1 aromatic rings. The number of hydrogen-bond acceptors (Lipinski definition) is 2. The van der Waals surface area contributed by atoms with E-state index < -0.39 is 0 Å². The lowest BCUT2D eigenvalue weighted by Crippen LogP contribution is -2.25. The highest BCUT2D eigenvalue weighted by molar-refractivity contribution is 5.51. The van der Waals surface area contributed by atoms with Gasteiger partial charge in [0.1, 0.15) is 5.82 Å². The maximum atomic E-state index is 13.7. The van der Waals surface area contributed by atoms with Crippen LogP contribution in [0.2, 0.25) is 0 Å². The average molecular weight is 250 g/mol. The molecule has 1 aliphatic rings. The van der Waals surface area contributed by atoms with Crippen LogP contribution in [0.5, 0.6) is 0 Å². The molecule has 0 atom stereocenters. The molecule has 0 unspecified atom stereocenters. The van der Waals surface area contributed by atoms with Crippen LogP contribution >= 0.6 is 0 Å². The second-order valence-electron chi connectivity index (χ2n) is 5.01. The molecule has 18 heavy (non-hydrogen) atoms. The topological polar surface area (TPSA) is 15.3 Å². The van der Waals surface area contributed by atoms with E-state index in [9.17, 15) is 4.39 Å². The Morgan fingerprint density at radius 3 is 2.67 bits per heavy atom. The molecule has 1 fully saturated rings. The van der Waals surface area contributed by atoms with Crippen molar-refractivity contribution in [1.29, 1.82) is 0 Å². The van der Waals surface area contributed by atoms with Gasteiger partial charge in [0.15, 0.2) is 0 Å². The van der Waals surface area contributed by atoms with E-state index in [0.29, 0.717) is 6.04 Å². The average Bonchev–Trinajstić information content (AvgIpc) is 3.14. The third-order valence-corrected chi connectivity index (χ3v) is 3.36. The number of anilines is 1. The van der Waals surface area contributed by atoms with Gasteiger partial charge in [-0.25, -0.2) is 4.39 Å². The van der Waals surface area contributed by atoms with Crippen molar-refractivity contribution in [1.82, 2.24) is 5.32 Å². The third kappa shape index (κ3) is 3.45. The van der Waals surface area contributed by atoms with Crippen LogP contribution < -0.4 is 10.2 Å². The summed E-state index contributed by atoms with van der Waals surface area (Å²) in [4.78, 5) is 2.31. The van der Waals surface area contributed by atoms with Crippen molar-refractivity contribution in [3.8, 4) is 0 Å². The maximum absolute atomic E-state index is 13.7. The molecule has 1 N–H and O–H groups in total. The fraction of sp³-hybridized carbons (Fsp3) is 0.600. The second-order valence-corrected chi connectivity index (χ2v) is 5.01. The molecule has 0 saturated heterocycles. The van der Waals surface area contributed by atoms with Crippen LogP contribution in [-0.4, -0.2) is 19.1 Å². The first kappa shape index (κ1) is 13.3. The fourth-order valence-corrected chi connectivity index (χ4v) is 2.35. The number of nitrogens with one attached hydrogen (secondary N) is 1. The molecule has 1 saturated carbocycles. The van der Waals surface area contributed by atoms with E-state index in [0.717, 1.165) is 37.3 Å². The highest BCUT2D eigenvalue weighted by atomic mass is 19.1. The van der Waals surface area contributed by atoms with Gasteiger partial charge in [0, 0.05) is 24.8 Å². The standard InChI is InChI=1S/C15H23FN2/c1-3-7-17-11-12-8-13(16)10-15(9-12)18(4-2)14-5-6-14/h8-10,14,17H,3-7,11H2,1-2H3. The molecule has 2 rings (SSSR count). The Hall–Kier alpha value is -1.09. The van der Waals surface area contributed by atoms with Gasteiger partial charge < -0.3 is 10.2 Å². The zero-order valence-corrected chi connectivity index (χ0v) is 11.4. The summed E-state index contributed by atoms with van der Waals surface area (Å²) >= 11 is 0. The quantitative estimate of drug-likeness (QED) is 0.747. The minimum atomic E-state index is -0.125. The molecule has 0 spiro atoms. The molecule has 0 aliphatic heterocycles. The monoisotopic (exact) mass is 250 g/mol. The molecular formula is C15H23FN2. The van der Waals surface area contributed by atoms with Crippen LogP contribution in [0, 0.1) is 5.82 Å². The van der Waals surface area contributed by atoms with Crippen molar-refractivity contribution < 1.29 is 4.39 Å². The fourth-order valence-electron chi connectivity index (χ4n) is 2.35. The summed E-state index contributed by atoms with van der Waals surface area (Å²) in [6, 6.07) is 6.04. The molecule has 1 aromatic carbocycles. The van der Waals surface area contributed by atoms with Gasteiger partial charge in [-0.15, -0.1) is 0 Å². The normalized spacial score (nSPS) is 14.8. The van der Waals surface area contributed by atoms with Gasteiger partial charge in [-0.2, -0.15) is 0 Å². The van der Waals surface area contributed by atoms with Gasteiger partial charge in [0.25, 0.3) is 0 Å². The van der Waals surface area contributed by atoms with Gasteiger partial charge in [0.05, 0.1) is 0 Å². The Morgan fingerprint density at radius 1 is 1.28 bits per heavy atom. The van der Waals surface area contributed by atoms with Gasteiger partial charge in [-0.3, -0.25) is 0 Å². The van der Waals surface area contributed by atoms with E-state index in [4.69, 9.17) is 0 Å². The SMILES string of the molecule is CCCNCc1cc(F)cc(N(CC)C2CC2)c1. The van der Waals surface area contributed by atoms with Crippen molar-refractivity contribution in [3.05, 3.63) is 29.6 Å². The molecule has 2 nitrogen and oxygen atoms in total. The van der Waals surface area contributed by atoms with Crippen LogP contribution in [0.1, 0.15) is 38.7 Å². The van der Waals surface area contributed by atoms with E-state index >= 15 is 0 Å². The summed E-state index contributed by atoms with van der Waals surface area (Å²) in [5.41, 5.74) is 2.07. The van der Waals surface area contributed by atoms with Crippen LogP contribution in [0.3, 0.4) is 0 Å². The van der Waals surface area contributed by atoms with E-state index in [1.807, 2.05) is 0 Å². The van der Waals surface area contributed by atoms with Crippen LogP contribution in [0.25, 0.3) is 0 Å².